The molecule has 0 bridgehead atoms. The molecular formula is C33H31F2N3O5. The smallest absolute Gasteiger partial charge is 0.335 e. The van der Waals surface area contributed by atoms with Crippen LogP contribution in [0.5, 0.6) is 5.88 Å². The summed E-state index contributed by atoms with van der Waals surface area (Å²) in [4.78, 5) is 20.5. The first kappa shape index (κ1) is 29.8. The van der Waals surface area contributed by atoms with Crippen LogP contribution < -0.4 is 4.74 Å². The molecule has 43 heavy (non-hydrogen) atoms. The predicted octanol–water partition coefficient (Wildman–Crippen LogP) is 6.35. The maximum absolute atomic E-state index is 15.5. The molecule has 10 heteroatoms. The summed E-state index contributed by atoms with van der Waals surface area (Å²) in [5.41, 5.74) is 4.61. The number of nitrogens with zero attached hydrogens (tertiary/aromatic N) is 3. The van der Waals surface area contributed by atoms with Crippen molar-refractivity contribution in [1.29, 1.82) is 0 Å². The van der Waals surface area contributed by atoms with E-state index in [4.69, 9.17) is 14.2 Å². The van der Waals surface area contributed by atoms with E-state index in [-0.39, 0.29) is 41.3 Å². The van der Waals surface area contributed by atoms with Gasteiger partial charge >= 0.3 is 5.97 Å². The second-order valence-corrected chi connectivity index (χ2v) is 10.1. The minimum atomic E-state index is -1.07. The number of rotatable bonds is 12. The molecule has 0 unspecified atom stereocenters. The lowest BCUT2D eigenvalue weighted by Crippen LogP contribution is -2.10. The summed E-state index contributed by atoms with van der Waals surface area (Å²) in [6, 6.07) is 17.8. The molecule has 0 radical (unpaired) electrons. The van der Waals surface area contributed by atoms with E-state index < -0.39 is 17.6 Å². The van der Waals surface area contributed by atoms with Gasteiger partial charge in [-0.3, -0.25) is 0 Å². The van der Waals surface area contributed by atoms with Gasteiger partial charge in [0.15, 0.2) is 0 Å². The Balaban J connectivity index is 1.40. The van der Waals surface area contributed by atoms with Crippen LogP contribution in [-0.4, -0.2) is 46.4 Å². The monoisotopic (exact) mass is 587 g/mol. The lowest BCUT2D eigenvalue weighted by atomic mass is 10.0. The number of aryl methyl sites for hydroxylation is 1. The Kier molecular flexibility index (Phi) is 9.08. The van der Waals surface area contributed by atoms with Crippen molar-refractivity contribution in [2.24, 2.45) is 0 Å². The molecule has 0 atom stereocenters. The molecule has 3 aromatic carbocycles. The first-order valence-corrected chi connectivity index (χ1v) is 13.6. The lowest BCUT2D eigenvalue weighted by Gasteiger charge is -2.13. The number of hydrogen-bond acceptors (Lipinski definition) is 6. The zero-order valence-electron chi connectivity index (χ0n) is 24.1. The fourth-order valence-corrected chi connectivity index (χ4v) is 4.95. The highest BCUT2D eigenvalue weighted by molar-refractivity contribution is 5.92. The van der Waals surface area contributed by atoms with Gasteiger partial charge in [0.05, 0.1) is 35.5 Å². The zero-order chi connectivity index (χ0) is 30.5. The Morgan fingerprint density at radius 3 is 2.49 bits per heavy atom. The van der Waals surface area contributed by atoms with E-state index in [1.54, 1.807) is 43.1 Å². The second-order valence-electron chi connectivity index (χ2n) is 10.1. The van der Waals surface area contributed by atoms with Crippen LogP contribution in [0.4, 0.5) is 8.78 Å². The van der Waals surface area contributed by atoms with Crippen LogP contribution in [0, 0.1) is 18.6 Å². The number of carboxylic acid groups (broad SMARTS) is 1. The third-order valence-electron chi connectivity index (χ3n) is 7.11. The van der Waals surface area contributed by atoms with Crippen molar-refractivity contribution in [2.75, 3.05) is 20.8 Å². The minimum absolute atomic E-state index is 0.00101. The van der Waals surface area contributed by atoms with Gasteiger partial charge in [-0.15, -0.1) is 0 Å². The third-order valence-corrected chi connectivity index (χ3v) is 7.11. The van der Waals surface area contributed by atoms with Gasteiger partial charge in [0, 0.05) is 38.8 Å². The first-order chi connectivity index (χ1) is 20.8. The highest BCUT2D eigenvalue weighted by Gasteiger charge is 2.18. The summed E-state index contributed by atoms with van der Waals surface area (Å²) in [6.45, 7) is 3.37. The molecule has 0 aliphatic carbocycles. The van der Waals surface area contributed by atoms with E-state index >= 15 is 8.78 Å². The van der Waals surface area contributed by atoms with Gasteiger partial charge in [0.25, 0.3) is 0 Å². The Labute approximate surface area is 247 Å². The normalized spacial score (nSPS) is 11.3. The Bertz CT molecular complexity index is 1790. The van der Waals surface area contributed by atoms with Gasteiger partial charge in [-0.25, -0.2) is 23.5 Å². The van der Waals surface area contributed by atoms with Crippen molar-refractivity contribution in [1.82, 2.24) is 14.5 Å². The molecular weight excluding hydrogens is 556 g/mol. The van der Waals surface area contributed by atoms with Crippen LogP contribution in [0.1, 0.15) is 38.4 Å². The van der Waals surface area contributed by atoms with Crippen molar-refractivity contribution in [3.63, 3.8) is 0 Å². The summed E-state index contributed by atoms with van der Waals surface area (Å²) in [5.74, 6) is -1.60. The number of hydrogen-bond donors (Lipinski definition) is 1. The Hall–Kier alpha value is -4.67. The topological polar surface area (TPSA) is 95.7 Å². The van der Waals surface area contributed by atoms with E-state index in [1.807, 2.05) is 25.1 Å². The average molecular weight is 588 g/mol. The average Bonchev–Trinajstić information content (AvgIpc) is 3.33. The van der Waals surface area contributed by atoms with E-state index in [2.05, 4.69) is 9.97 Å². The molecule has 222 valence electrons. The quantitative estimate of drug-likeness (QED) is 0.182. The van der Waals surface area contributed by atoms with Gasteiger partial charge in [-0.2, -0.15) is 0 Å². The molecule has 0 aliphatic heterocycles. The molecule has 0 saturated heterocycles. The van der Waals surface area contributed by atoms with Crippen LogP contribution in [0.3, 0.4) is 0 Å². The summed E-state index contributed by atoms with van der Waals surface area (Å²) < 4.78 is 49.1. The molecule has 1 N–H and O–H groups in total. The van der Waals surface area contributed by atoms with Gasteiger partial charge in [-0.05, 0) is 60.0 Å². The predicted molar refractivity (Wildman–Crippen MR) is 157 cm³/mol. The van der Waals surface area contributed by atoms with Crippen LogP contribution in [-0.2, 0) is 35.7 Å². The van der Waals surface area contributed by atoms with E-state index in [9.17, 15) is 9.90 Å². The number of ether oxygens (including phenoxy) is 3. The molecule has 8 nitrogen and oxygen atoms in total. The maximum Gasteiger partial charge on any atom is 0.335 e. The number of pyridine rings is 1. The van der Waals surface area contributed by atoms with Crippen molar-refractivity contribution in [3.8, 4) is 17.1 Å². The number of halogens is 2. The Morgan fingerprint density at radius 1 is 0.884 bits per heavy atom. The SMILES string of the molecule is COCCn1c(Cc2cc(F)c(-c3cccc(OCc4ccc(C)cc4COC)n3)cc2F)nc2ccc(C(=O)O)cc21. The maximum atomic E-state index is 15.5. The molecule has 2 aromatic heterocycles. The molecule has 0 amide bonds. The molecule has 0 fully saturated rings. The number of imidazole rings is 1. The van der Waals surface area contributed by atoms with Gasteiger partial charge in [0.2, 0.25) is 5.88 Å². The fourth-order valence-electron chi connectivity index (χ4n) is 4.95. The third kappa shape index (κ3) is 6.71. The summed E-state index contributed by atoms with van der Waals surface area (Å²) in [5, 5.41) is 9.42. The number of carbonyl (C=O) groups is 1. The molecule has 5 rings (SSSR count). The highest BCUT2D eigenvalue weighted by Crippen LogP contribution is 2.28. The van der Waals surface area contributed by atoms with Crippen molar-refractivity contribution in [3.05, 3.63) is 112 Å². The number of methoxy groups -OCH3 is 2. The highest BCUT2D eigenvalue weighted by atomic mass is 19.1. The molecule has 2 heterocycles. The number of aromatic carboxylic acids is 1. The molecule has 0 aliphatic rings. The Morgan fingerprint density at radius 2 is 1.72 bits per heavy atom. The van der Waals surface area contributed by atoms with Crippen LogP contribution in [0.15, 0.2) is 66.7 Å². The van der Waals surface area contributed by atoms with Crippen molar-refractivity contribution in [2.45, 2.75) is 33.1 Å². The number of benzene rings is 3. The summed E-state index contributed by atoms with van der Waals surface area (Å²) in [6.07, 6.45) is -0.0131. The second kappa shape index (κ2) is 13.1. The van der Waals surface area contributed by atoms with Crippen molar-refractivity contribution < 1.29 is 32.9 Å². The first-order valence-electron chi connectivity index (χ1n) is 13.6. The minimum Gasteiger partial charge on any atom is -0.478 e. The van der Waals surface area contributed by atoms with Crippen molar-refractivity contribution >= 4 is 17.0 Å². The largest absolute Gasteiger partial charge is 0.478 e. The van der Waals surface area contributed by atoms with E-state index in [1.165, 1.54) is 12.1 Å². The van der Waals surface area contributed by atoms with E-state index in [0.29, 0.717) is 36.6 Å². The zero-order valence-corrected chi connectivity index (χ0v) is 24.1. The molecule has 0 saturated carbocycles. The summed E-state index contributed by atoms with van der Waals surface area (Å²) in [7, 11) is 3.18. The molecule has 0 spiro atoms. The molecule has 5 aromatic rings. The lowest BCUT2D eigenvalue weighted by molar-refractivity contribution is 0.0697. The number of fused-ring (bicyclic) bond motifs is 1. The number of carboxylic acids is 1. The van der Waals surface area contributed by atoms with E-state index in [0.717, 1.165) is 28.8 Å². The summed E-state index contributed by atoms with van der Waals surface area (Å²) >= 11 is 0. The van der Waals surface area contributed by atoms with Gasteiger partial charge in [-0.1, -0.05) is 29.8 Å². The standard InChI is InChI=1S/C33H31F2N3O5/c1-20-7-8-22(24(13-20)18-42-3)19-43-32-6-4-5-28(37-32)25-17-26(34)23(14-27(25)35)16-31-36-29-10-9-21(33(39)40)15-30(29)38(31)11-12-41-2/h4-10,13-15,17H,11-12,16,18-19H2,1-3H3,(H,39,40). The van der Waals surface area contributed by atoms with Gasteiger partial charge in [0.1, 0.15) is 24.1 Å². The fraction of sp³-hybridized carbons (Fsp3) is 0.242. The van der Waals surface area contributed by atoms with Crippen LogP contribution >= 0.6 is 0 Å². The van der Waals surface area contributed by atoms with Gasteiger partial charge < -0.3 is 23.9 Å². The number of aromatic nitrogens is 3. The van der Waals surface area contributed by atoms with Crippen LogP contribution in [0.25, 0.3) is 22.3 Å². The van der Waals surface area contributed by atoms with Crippen LogP contribution in [0.2, 0.25) is 0 Å².